The van der Waals surface area contributed by atoms with Crippen molar-refractivity contribution in [1.82, 2.24) is 0 Å². The molecule has 0 aromatic heterocycles. The van der Waals surface area contributed by atoms with Gasteiger partial charge in [-0.1, -0.05) is 0 Å². The molecule has 0 radical (unpaired) electrons. The van der Waals surface area contributed by atoms with Crippen LogP contribution in [0.25, 0.3) is 0 Å². The SMILES string of the molecule is O=C(OC[C@H]1CCCO1)[C@H]1CC(=O)N(c2ccc3c(c2)OCCO3)C1. The van der Waals surface area contributed by atoms with Gasteiger partial charge in [0.25, 0.3) is 0 Å². The topological polar surface area (TPSA) is 74.3 Å². The van der Waals surface area contributed by atoms with Crippen molar-refractivity contribution in [3.63, 3.8) is 0 Å². The van der Waals surface area contributed by atoms with Crippen LogP contribution in [0, 0.1) is 5.92 Å². The molecule has 0 spiro atoms. The molecule has 0 unspecified atom stereocenters. The minimum absolute atomic E-state index is 0.00467. The number of benzene rings is 1. The maximum atomic E-state index is 12.3. The van der Waals surface area contributed by atoms with Gasteiger partial charge in [0, 0.05) is 31.3 Å². The van der Waals surface area contributed by atoms with Crippen LogP contribution in [0.5, 0.6) is 11.5 Å². The normalized spacial score (nSPS) is 25.3. The van der Waals surface area contributed by atoms with E-state index >= 15 is 0 Å². The number of hydrogen-bond donors (Lipinski definition) is 0. The zero-order chi connectivity index (χ0) is 17.2. The van der Waals surface area contributed by atoms with E-state index in [0.717, 1.165) is 19.4 Å². The fourth-order valence-electron chi connectivity index (χ4n) is 3.38. The van der Waals surface area contributed by atoms with Crippen LogP contribution >= 0.6 is 0 Å². The minimum Gasteiger partial charge on any atom is -0.486 e. The summed E-state index contributed by atoms with van der Waals surface area (Å²) in [6.45, 7) is 2.33. The average molecular weight is 347 g/mol. The second kappa shape index (κ2) is 6.92. The van der Waals surface area contributed by atoms with Crippen LogP contribution in [-0.2, 0) is 19.1 Å². The maximum Gasteiger partial charge on any atom is 0.311 e. The molecule has 7 nitrogen and oxygen atoms in total. The van der Waals surface area contributed by atoms with E-state index in [-0.39, 0.29) is 31.0 Å². The van der Waals surface area contributed by atoms with Gasteiger partial charge in [-0.05, 0) is 25.0 Å². The summed E-state index contributed by atoms with van der Waals surface area (Å²) < 4.78 is 21.8. The lowest BCUT2D eigenvalue weighted by Gasteiger charge is -2.22. The highest BCUT2D eigenvalue weighted by molar-refractivity contribution is 5.99. The number of rotatable bonds is 4. The van der Waals surface area contributed by atoms with E-state index in [2.05, 4.69) is 0 Å². The molecule has 3 heterocycles. The van der Waals surface area contributed by atoms with Gasteiger partial charge in [-0.15, -0.1) is 0 Å². The van der Waals surface area contributed by atoms with Crippen molar-refractivity contribution >= 4 is 17.6 Å². The van der Waals surface area contributed by atoms with Crippen LogP contribution in [0.3, 0.4) is 0 Å². The van der Waals surface area contributed by atoms with E-state index in [9.17, 15) is 9.59 Å². The Bertz CT molecular complexity index is 670. The molecule has 7 heteroatoms. The highest BCUT2D eigenvalue weighted by atomic mass is 16.6. The van der Waals surface area contributed by atoms with Gasteiger partial charge in [0.15, 0.2) is 11.5 Å². The summed E-state index contributed by atoms with van der Waals surface area (Å²) in [6.07, 6.45) is 2.08. The summed E-state index contributed by atoms with van der Waals surface area (Å²) in [6, 6.07) is 5.39. The molecule has 0 saturated carbocycles. The Labute approximate surface area is 145 Å². The first-order valence-electron chi connectivity index (χ1n) is 8.69. The number of ether oxygens (including phenoxy) is 4. The minimum atomic E-state index is -0.442. The number of nitrogens with zero attached hydrogens (tertiary/aromatic N) is 1. The molecule has 4 rings (SSSR count). The summed E-state index contributed by atoms with van der Waals surface area (Å²) in [5, 5.41) is 0. The first-order chi connectivity index (χ1) is 12.2. The van der Waals surface area contributed by atoms with E-state index in [1.54, 1.807) is 17.0 Å². The van der Waals surface area contributed by atoms with Crippen molar-refractivity contribution in [1.29, 1.82) is 0 Å². The van der Waals surface area contributed by atoms with E-state index in [1.807, 2.05) is 6.07 Å². The van der Waals surface area contributed by atoms with Crippen molar-refractivity contribution < 1.29 is 28.5 Å². The molecule has 0 bridgehead atoms. The lowest BCUT2D eigenvalue weighted by molar-refractivity contribution is -0.151. The molecule has 2 atom stereocenters. The number of carbonyl (C=O) groups excluding carboxylic acids is 2. The highest BCUT2D eigenvalue weighted by Gasteiger charge is 2.37. The fourth-order valence-corrected chi connectivity index (χ4v) is 3.38. The van der Waals surface area contributed by atoms with E-state index in [0.29, 0.717) is 36.9 Å². The smallest absolute Gasteiger partial charge is 0.311 e. The average Bonchev–Trinajstić information content (AvgIpc) is 3.29. The second-order valence-electron chi connectivity index (χ2n) is 6.50. The van der Waals surface area contributed by atoms with Crippen molar-refractivity contribution in [2.75, 3.05) is 37.9 Å². The number of esters is 1. The molecule has 1 aromatic carbocycles. The van der Waals surface area contributed by atoms with Crippen molar-refractivity contribution in [3.8, 4) is 11.5 Å². The third-order valence-corrected chi connectivity index (χ3v) is 4.73. The predicted octanol–water partition coefficient (Wildman–Crippen LogP) is 1.53. The Kier molecular flexibility index (Phi) is 4.48. The monoisotopic (exact) mass is 347 g/mol. The highest BCUT2D eigenvalue weighted by Crippen LogP contribution is 2.36. The van der Waals surface area contributed by atoms with Gasteiger partial charge in [-0.25, -0.2) is 0 Å². The Balaban J connectivity index is 1.39. The zero-order valence-electron chi connectivity index (χ0n) is 13.9. The molecular weight excluding hydrogens is 326 g/mol. The van der Waals surface area contributed by atoms with Gasteiger partial charge in [0.2, 0.25) is 5.91 Å². The standard InChI is InChI=1S/C18H21NO6/c20-17-8-12(18(21)25-11-14-2-1-5-22-14)10-19(17)13-3-4-15-16(9-13)24-7-6-23-15/h3-4,9,12,14H,1-2,5-8,10-11H2/t12-,14+/m0/s1. The van der Waals surface area contributed by atoms with Crippen molar-refractivity contribution in [2.24, 2.45) is 5.92 Å². The molecular formula is C18H21NO6. The van der Waals surface area contributed by atoms with Crippen LogP contribution in [0.2, 0.25) is 0 Å². The van der Waals surface area contributed by atoms with Crippen molar-refractivity contribution in [3.05, 3.63) is 18.2 Å². The fraction of sp³-hybridized carbons (Fsp3) is 0.556. The first kappa shape index (κ1) is 16.2. The lowest BCUT2D eigenvalue weighted by Crippen LogP contribution is -2.28. The molecule has 0 N–H and O–H groups in total. The number of fused-ring (bicyclic) bond motifs is 1. The molecule has 25 heavy (non-hydrogen) atoms. The summed E-state index contributed by atoms with van der Waals surface area (Å²) >= 11 is 0. The molecule has 2 fully saturated rings. The largest absolute Gasteiger partial charge is 0.486 e. The van der Waals surface area contributed by atoms with Crippen molar-refractivity contribution in [2.45, 2.75) is 25.4 Å². The number of amides is 1. The number of carbonyl (C=O) groups is 2. The summed E-state index contributed by atoms with van der Waals surface area (Å²) in [4.78, 5) is 26.2. The van der Waals surface area contributed by atoms with Gasteiger partial charge in [-0.3, -0.25) is 9.59 Å². The number of anilines is 1. The molecule has 3 aliphatic heterocycles. The van der Waals surface area contributed by atoms with E-state index in [4.69, 9.17) is 18.9 Å². The Morgan fingerprint density at radius 1 is 1.20 bits per heavy atom. The number of hydrogen-bond acceptors (Lipinski definition) is 6. The van der Waals surface area contributed by atoms with Gasteiger partial charge >= 0.3 is 5.97 Å². The van der Waals surface area contributed by atoms with Crippen LogP contribution in [0.15, 0.2) is 18.2 Å². The lowest BCUT2D eigenvalue weighted by atomic mass is 10.1. The molecule has 1 aromatic rings. The maximum absolute atomic E-state index is 12.3. The molecule has 1 amide bonds. The third-order valence-electron chi connectivity index (χ3n) is 4.73. The molecule has 134 valence electrons. The molecule has 0 aliphatic carbocycles. The summed E-state index contributed by atoms with van der Waals surface area (Å²) in [7, 11) is 0. The van der Waals surface area contributed by atoms with Gasteiger partial charge in [0.05, 0.1) is 12.0 Å². The third kappa shape index (κ3) is 3.42. The van der Waals surface area contributed by atoms with E-state index < -0.39 is 5.92 Å². The zero-order valence-corrected chi connectivity index (χ0v) is 13.9. The Hall–Kier alpha value is -2.28. The molecule has 3 aliphatic rings. The Morgan fingerprint density at radius 2 is 2.04 bits per heavy atom. The molecule has 2 saturated heterocycles. The van der Waals surface area contributed by atoms with Gasteiger partial charge < -0.3 is 23.8 Å². The summed E-state index contributed by atoms with van der Waals surface area (Å²) in [5.74, 6) is 0.442. The quantitative estimate of drug-likeness (QED) is 0.769. The Morgan fingerprint density at radius 3 is 2.84 bits per heavy atom. The van der Waals surface area contributed by atoms with Crippen LogP contribution in [-0.4, -0.2) is 51.0 Å². The van der Waals surface area contributed by atoms with Crippen LogP contribution in [0.1, 0.15) is 19.3 Å². The van der Waals surface area contributed by atoms with Crippen LogP contribution < -0.4 is 14.4 Å². The van der Waals surface area contributed by atoms with Gasteiger partial charge in [-0.2, -0.15) is 0 Å². The summed E-state index contributed by atoms with van der Waals surface area (Å²) in [5.41, 5.74) is 0.712. The second-order valence-corrected chi connectivity index (χ2v) is 6.50. The predicted molar refractivity (Wildman–Crippen MR) is 87.8 cm³/mol. The van der Waals surface area contributed by atoms with Crippen LogP contribution in [0.4, 0.5) is 5.69 Å². The first-order valence-corrected chi connectivity index (χ1v) is 8.69. The van der Waals surface area contributed by atoms with Gasteiger partial charge in [0.1, 0.15) is 19.8 Å². The van der Waals surface area contributed by atoms with E-state index in [1.165, 1.54) is 0 Å².